The van der Waals surface area contributed by atoms with Crippen LogP contribution in [0, 0.1) is 6.92 Å². The first kappa shape index (κ1) is 14.5. The van der Waals surface area contributed by atoms with Crippen LogP contribution in [-0.2, 0) is 0 Å². The van der Waals surface area contributed by atoms with Gasteiger partial charge in [-0.1, -0.05) is 0 Å². The molecule has 1 atom stereocenters. The molecule has 5 nitrogen and oxygen atoms in total. The number of carbonyl (C=O) groups excluding carboxylic acids is 1. The summed E-state index contributed by atoms with van der Waals surface area (Å²) >= 11 is 1.68. The third-order valence-electron chi connectivity index (χ3n) is 2.79. The highest BCUT2D eigenvalue weighted by atomic mass is 32.1. The fourth-order valence-electron chi connectivity index (χ4n) is 1.76. The molecule has 0 fully saturated rings. The average Bonchev–Trinajstić information content (AvgIpc) is 2.86. The van der Waals surface area contributed by atoms with E-state index in [0.29, 0.717) is 11.5 Å². The van der Waals surface area contributed by atoms with Crippen LogP contribution < -0.4 is 10.6 Å². The second-order valence-corrected chi connectivity index (χ2v) is 5.80. The molecule has 0 aliphatic rings. The monoisotopic (exact) mass is 290 g/mol. The van der Waals surface area contributed by atoms with Gasteiger partial charge >= 0.3 is 0 Å². The van der Waals surface area contributed by atoms with Crippen molar-refractivity contribution in [3.63, 3.8) is 0 Å². The largest absolute Gasteiger partial charge is 0.369 e. The molecule has 0 saturated carbocycles. The van der Waals surface area contributed by atoms with E-state index in [0.717, 1.165) is 11.4 Å². The van der Waals surface area contributed by atoms with Crippen LogP contribution in [0.1, 0.15) is 40.1 Å². The first-order valence-electron chi connectivity index (χ1n) is 6.55. The maximum absolute atomic E-state index is 12.1. The molecule has 2 rings (SSSR count). The Morgan fingerprint density at radius 2 is 2.10 bits per heavy atom. The molecule has 1 amide bonds. The van der Waals surface area contributed by atoms with Crippen molar-refractivity contribution >= 4 is 23.1 Å². The summed E-state index contributed by atoms with van der Waals surface area (Å²) < 4.78 is 0. The summed E-state index contributed by atoms with van der Waals surface area (Å²) in [6, 6.07) is 7.48. The van der Waals surface area contributed by atoms with Crippen LogP contribution in [0.2, 0.25) is 0 Å². The van der Waals surface area contributed by atoms with Crippen LogP contribution >= 0.6 is 11.3 Å². The smallest absolute Gasteiger partial charge is 0.272 e. The molecule has 0 aromatic carbocycles. The predicted octanol–water partition coefficient (Wildman–Crippen LogP) is 2.77. The van der Waals surface area contributed by atoms with Gasteiger partial charge in [-0.05, 0) is 45.0 Å². The van der Waals surface area contributed by atoms with E-state index in [9.17, 15) is 4.79 Å². The minimum atomic E-state index is -0.209. The molecule has 2 heterocycles. The van der Waals surface area contributed by atoms with Gasteiger partial charge in [0.2, 0.25) is 0 Å². The molecule has 2 N–H and O–H groups in total. The molecule has 106 valence electrons. The van der Waals surface area contributed by atoms with Crippen molar-refractivity contribution in [2.45, 2.75) is 26.8 Å². The van der Waals surface area contributed by atoms with E-state index in [2.05, 4.69) is 20.8 Å². The molecular formula is C14H18N4OS. The SMILES string of the molecule is CCNc1ccc(C(=O)NC(C)c2ccc(C)s2)nn1. The molecule has 2 aromatic rings. The van der Waals surface area contributed by atoms with Gasteiger partial charge < -0.3 is 10.6 Å². The molecule has 0 aliphatic carbocycles. The zero-order valence-corrected chi connectivity index (χ0v) is 12.6. The minimum absolute atomic E-state index is 0.0311. The van der Waals surface area contributed by atoms with Gasteiger partial charge in [0.1, 0.15) is 5.82 Å². The molecule has 0 radical (unpaired) electrons. The van der Waals surface area contributed by atoms with Crippen molar-refractivity contribution in [3.8, 4) is 0 Å². The first-order valence-corrected chi connectivity index (χ1v) is 7.36. The second kappa shape index (κ2) is 6.47. The summed E-state index contributed by atoms with van der Waals surface area (Å²) in [6.07, 6.45) is 0. The maximum Gasteiger partial charge on any atom is 0.272 e. The standard InChI is InChI=1S/C14H18N4OS/c1-4-15-13-8-6-11(17-18-13)14(19)16-10(3)12-7-5-9(2)20-12/h5-8,10H,4H2,1-3H3,(H,15,18)(H,16,19). The van der Waals surface area contributed by atoms with E-state index in [1.54, 1.807) is 23.5 Å². The number of aryl methyl sites for hydroxylation is 1. The number of amides is 1. The number of nitrogens with zero attached hydrogens (tertiary/aromatic N) is 2. The molecule has 20 heavy (non-hydrogen) atoms. The lowest BCUT2D eigenvalue weighted by Crippen LogP contribution is -2.27. The molecule has 0 bridgehead atoms. The van der Waals surface area contributed by atoms with Crippen LogP contribution in [-0.4, -0.2) is 22.6 Å². The zero-order valence-electron chi connectivity index (χ0n) is 11.8. The molecule has 0 saturated heterocycles. The van der Waals surface area contributed by atoms with Gasteiger partial charge in [0.15, 0.2) is 5.69 Å². The van der Waals surface area contributed by atoms with Crippen LogP contribution in [0.3, 0.4) is 0 Å². The van der Waals surface area contributed by atoms with Gasteiger partial charge in [-0.25, -0.2) is 0 Å². The van der Waals surface area contributed by atoms with E-state index in [-0.39, 0.29) is 11.9 Å². The number of aromatic nitrogens is 2. The van der Waals surface area contributed by atoms with Crippen molar-refractivity contribution < 1.29 is 4.79 Å². The topological polar surface area (TPSA) is 66.9 Å². The zero-order chi connectivity index (χ0) is 14.5. The first-order chi connectivity index (χ1) is 9.60. The Morgan fingerprint density at radius 1 is 1.30 bits per heavy atom. The third-order valence-corrected chi connectivity index (χ3v) is 3.97. The Bertz CT molecular complexity index is 579. The molecule has 2 aromatic heterocycles. The highest BCUT2D eigenvalue weighted by Crippen LogP contribution is 2.22. The van der Waals surface area contributed by atoms with Crippen molar-refractivity contribution in [1.82, 2.24) is 15.5 Å². The van der Waals surface area contributed by atoms with Crippen molar-refractivity contribution in [3.05, 3.63) is 39.7 Å². The van der Waals surface area contributed by atoms with E-state index < -0.39 is 0 Å². The second-order valence-electron chi connectivity index (χ2n) is 4.48. The maximum atomic E-state index is 12.1. The number of rotatable bonds is 5. The summed E-state index contributed by atoms with van der Waals surface area (Å²) in [6.45, 7) is 6.76. The van der Waals surface area contributed by atoms with Gasteiger partial charge in [0, 0.05) is 16.3 Å². The third kappa shape index (κ3) is 3.54. The quantitative estimate of drug-likeness (QED) is 0.888. The Hall–Kier alpha value is -1.95. The Kier molecular flexibility index (Phi) is 4.68. The molecule has 0 aliphatic heterocycles. The Balaban J connectivity index is 2.00. The van der Waals surface area contributed by atoms with Crippen LogP contribution in [0.15, 0.2) is 24.3 Å². The normalized spacial score (nSPS) is 11.9. The molecule has 0 spiro atoms. The fraction of sp³-hybridized carbons (Fsp3) is 0.357. The van der Waals surface area contributed by atoms with E-state index in [1.807, 2.05) is 32.9 Å². The summed E-state index contributed by atoms with van der Waals surface area (Å²) in [7, 11) is 0. The van der Waals surface area contributed by atoms with E-state index >= 15 is 0 Å². The number of anilines is 1. The van der Waals surface area contributed by atoms with Crippen molar-refractivity contribution in [2.24, 2.45) is 0 Å². The van der Waals surface area contributed by atoms with Gasteiger partial charge in [0.25, 0.3) is 5.91 Å². The van der Waals surface area contributed by atoms with Crippen molar-refractivity contribution in [1.29, 1.82) is 0 Å². The number of hydrogen-bond donors (Lipinski definition) is 2. The molecule has 1 unspecified atom stereocenters. The predicted molar refractivity (Wildman–Crippen MR) is 81.1 cm³/mol. The lowest BCUT2D eigenvalue weighted by molar-refractivity contribution is 0.0934. The average molecular weight is 290 g/mol. The summed E-state index contributed by atoms with van der Waals surface area (Å²) in [5, 5.41) is 13.8. The van der Waals surface area contributed by atoms with Gasteiger partial charge in [-0.3, -0.25) is 4.79 Å². The molecular weight excluding hydrogens is 272 g/mol. The number of thiophene rings is 1. The van der Waals surface area contributed by atoms with Crippen LogP contribution in [0.4, 0.5) is 5.82 Å². The van der Waals surface area contributed by atoms with Gasteiger partial charge in [-0.15, -0.1) is 21.5 Å². The Morgan fingerprint density at radius 3 is 2.65 bits per heavy atom. The highest BCUT2D eigenvalue weighted by molar-refractivity contribution is 7.12. The highest BCUT2D eigenvalue weighted by Gasteiger charge is 2.14. The number of hydrogen-bond acceptors (Lipinski definition) is 5. The van der Waals surface area contributed by atoms with Gasteiger partial charge in [0.05, 0.1) is 6.04 Å². The van der Waals surface area contributed by atoms with E-state index in [1.165, 1.54) is 4.88 Å². The number of nitrogens with one attached hydrogen (secondary N) is 2. The lowest BCUT2D eigenvalue weighted by atomic mass is 10.2. The summed E-state index contributed by atoms with van der Waals surface area (Å²) in [4.78, 5) is 14.4. The van der Waals surface area contributed by atoms with Gasteiger partial charge in [-0.2, -0.15) is 0 Å². The lowest BCUT2D eigenvalue weighted by Gasteiger charge is -2.11. The molecule has 6 heteroatoms. The summed E-state index contributed by atoms with van der Waals surface area (Å²) in [5.74, 6) is 0.463. The Labute approximate surface area is 122 Å². The summed E-state index contributed by atoms with van der Waals surface area (Å²) in [5.41, 5.74) is 0.326. The fourth-order valence-corrected chi connectivity index (χ4v) is 2.64. The van der Waals surface area contributed by atoms with Crippen molar-refractivity contribution in [2.75, 3.05) is 11.9 Å². The number of carbonyl (C=O) groups is 1. The van der Waals surface area contributed by atoms with E-state index in [4.69, 9.17) is 0 Å². The van der Waals surface area contributed by atoms with Crippen LogP contribution in [0.25, 0.3) is 0 Å². The van der Waals surface area contributed by atoms with Crippen LogP contribution in [0.5, 0.6) is 0 Å². The minimum Gasteiger partial charge on any atom is -0.369 e.